The zero-order valence-electron chi connectivity index (χ0n) is 12.4. The van der Waals surface area contributed by atoms with Gasteiger partial charge in [-0.25, -0.2) is 4.79 Å². The molecule has 2 N–H and O–H groups in total. The van der Waals surface area contributed by atoms with Gasteiger partial charge in [0.25, 0.3) is 0 Å². The number of nitrogens with zero attached hydrogens (tertiary/aromatic N) is 1. The van der Waals surface area contributed by atoms with Gasteiger partial charge >= 0.3 is 6.09 Å². The highest BCUT2D eigenvalue weighted by molar-refractivity contribution is 5.68. The molecule has 1 rings (SSSR count). The van der Waals surface area contributed by atoms with Crippen LogP contribution < -0.4 is 5.73 Å². The molecule has 4 heteroatoms. The predicted molar refractivity (Wildman–Crippen MR) is 73.3 cm³/mol. The van der Waals surface area contributed by atoms with E-state index in [0.717, 1.165) is 19.4 Å². The fraction of sp³-hybridized carbons (Fsp3) is 0.929. The minimum absolute atomic E-state index is 0.205. The largest absolute Gasteiger partial charge is 0.444 e. The number of nitrogens with two attached hydrogens (primary N) is 1. The van der Waals surface area contributed by atoms with Gasteiger partial charge in [0.05, 0.1) is 0 Å². The van der Waals surface area contributed by atoms with Crippen molar-refractivity contribution in [3.05, 3.63) is 0 Å². The molecule has 1 fully saturated rings. The second kappa shape index (κ2) is 5.91. The van der Waals surface area contributed by atoms with Crippen LogP contribution in [0.3, 0.4) is 0 Å². The van der Waals surface area contributed by atoms with Gasteiger partial charge in [-0.3, -0.25) is 0 Å². The average Bonchev–Trinajstić information content (AvgIpc) is 2.17. The molecule has 1 saturated heterocycles. The van der Waals surface area contributed by atoms with Gasteiger partial charge in [-0.15, -0.1) is 0 Å². The Balaban J connectivity index is 2.56. The van der Waals surface area contributed by atoms with Gasteiger partial charge in [-0.05, 0) is 45.4 Å². The molecule has 1 aliphatic rings. The maximum atomic E-state index is 12.0. The van der Waals surface area contributed by atoms with Crippen LogP contribution in [0.15, 0.2) is 0 Å². The van der Waals surface area contributed by atoms with Crippen LogP contribution in [0.2, 0.25) is 0 Å². The van der Waals surface area contributed by atoms with E-state index >= 15 is 0 Å². The maximum absolute atomic E-state index is 12.0. The summed E-state index contributed by atoms with van der Waals surface area (Å²) in [6, 6.07) is 0.214. The summed E-state index contributed by atoms with van der Waals surface area (Å²) >= 11 is 0. The van der Waals surface area contributed by atoms with Gasteiger partial charge in [-0.1, -0.05) is 13.8 Å². The first kappa shape index (κ1) is 15.3. The first-order valence-electron chi connectivity index (χ1n) is 6.92. The quantitative estimate of drug-likeness (QED) is 0.826. The number of likely N-dealkylation sites (tertiary alicyclic amines) is 1. The summed E-state index contributed by atoms with van der Waals surface area (Å²) < 4.78 is 5.41. The van der Waals surface area contributed by atoms with Gasteiger partial charge in [-0.2, -0.15) is 0 Å². The van der Waals surface area contributed by atoms with Crippen LogP contribution in [0.1, 0.15) is 47.5 Å². The van der Waals surface area contributed by atoms with Crippen molar-refractivity contribution in [2.75, 3.05) is 13.1 Å². The Hall–Kier alpha value is -0.770. The number of amides is 1. The number of piperidine rings is 1. The van der Waals surface area contributed by atoms with Crippen molar-refractivity contribution < 1.29 is 9.53 Å². The van der Waals surface area contributed by atoms with Gasteiger partial charge in [0, 0.05) is 19.1 Å². The maximum Gasteiger partial charge on any atom is 0.410 e. The molecular formula is C14H28N2O2. The van der Waals surface area contributed by atoms with E-state index in [1.807, 2.05) is 25.7 Å². The third-order valence-corrected chi connectivity index (χ3v) is 3.22. The fourth-order valence-electron chi connectivity index (χ4n) is 2.40. The van der Waals surface area contributed by atoms with Crippen LogP contribution in [0.25, 0.3) is 0 Å². The van der Waals surface area contributed by atoms with Crippen LogP contribution in [-0.4, -0.2) is 35.7 Å². The summed E-state index contributed by atoms with van der Waals surface area (Å²) in [4.78, 5) is 13.8. The van der Waals surface area contributed by atoms with E-state index in [9.17, 15) is 4.79 Å². The molecule has 0 radical (unpaired) electrons. The Morgan fingerprint density at radius 2 is 2.06 bits per heavy atom. The van der Waals surface area contributed by atoms with E-state index in [0.29, 0.717) is 18.4 Å². The van der Waals surface area contributed by atoms with E-state index in [1.165, 1.54) is 0 Å². The zero-order valence-corrected chi connectivity index (χ0v) is 12.4. The summed E-state index contributed by atoms with van der Waals surface area (Å²) in [5.74, 6) is 1.01. The van der Waals surface area contributed by atoms with E-state index in [4.69, 9.17) is 10.5 Å². The molecule has 4 nitrogen and oxygen atoms in total. The van der Waals surface area contributed by atoms with Crippen LogP contribution in [0.5, 0.6) is 0 Å². The molecule has 0 aliphatic carbocycles. The zero-order chi connectivity index (χ0) is 13.9. The second-order valence-corrected chi connectivity index (χ2v) is 6.77. The van der Waals surface area contributed by atoms with E-state index < -0.39 is 5.60 Å². The standard InChI is InChI=1S/C14H28N2O2/c1-10(2)8-11-9-16(7-6-12(11)15)13(17)18-14(3,4)5/h10-12H,6-9,15H2,1-5H3. The molecule has 2 unspecified atom stereocenters. The van der Waals surface area contributed by atoms with Crippen molar-refractivity contribution in [3.63, 3.8) is 0 Å². The fourth-order valence-corrected chi connectivity index (χ4v) is 2.40. The molecule has 0 aromatic heterocycles. The molecule has 0 saturated carbocycles. The highest BCUT2D eigenvalue weighted by Crippen LogP contribution is 2.23. The second-order valence-electron chi connectivity index (χ2n) is 6.77. The number of hydrogen-bond donors (Lipinski definition) is 1. The van der Waals surface area contributed by atoms with Crippen molar-refractivity contribution in [3.8, 4) is 0 Å². The number of carbonyl (C=O) groups excluding carboxylic acids is 1. The SMILES string of the molecule is CC(C)CC1CN(C(=O)OC(C)(C)C)CCC1N. The van der Waals surface area contributed by atoms with Crippen molar-refractivity contribution in [2.45, 2.75) is 59.1 Å². The van der Waals surface area contributed by atoms with E-state index in [-0.39, 0.29) is 12.1 Å². The lowest BCUT2D eigenvalue weighted by atomic mass is 9.86. The lowest BCUT2D eigenvalue weighted by molar-refractivity contribution is 0.0135. The Morgan fingerprint density at radius 1 is 1.44 bits per heavy atom. The topological polar surface area (TPSA) is 55.6 Å². The molecule has 0 aromatic carbocycles. The van der Waals surface area contributed by atoms with Gasteiger partial charge in [0.1, 0.15) is 5.60 Å². The first-order valence-corrected chi connectivity index (χ1v) is 6.92. The molecule has 0 aromatic rings. The van der Waals surface area contributed by atoms with Gasteiger partial charge < -0.3 is 15.4 Å². The molecule has 1 heterocycles. The van der Waals surface area contributed by atoms with E-state index in [1.54, 1.807) is 0 Å². The van der Waals surface area contributed by atoms with Crippen molar-refractivity contribution >= 4 is 6.09 Å². The van der Waals surface area contributed by atoms with Gasteiger partial charge in [0.15, 0.2) is 0 Å². The summed E-state index contributed by atoms with van der Waals surface area (Å²) in [6.45, 7) is 11.5. The van der Waals surface area contributed by atoms with Crippen LogP contribution in [-0.2, 0) is 4.74 Å². The monoisotopic (exact) mass is 256 g/mol. The molecule has 0 spiro atoms. The number of carbonyl (C=O) groups is 1. The Bertz CT molecular complexity index is 284. The minimum Gasteiger partial charge on any atom is -0.444 e. The normalized spacial score (nSPS) is 25.4. The number of ether oxygens (including phenoxy) is 1. The lowest BCUT2D eigenvalue weighted by Crippen LogP contribution is -2.50. The molecular weight excluding hydrogens is 228 g/mol. The predicted octanol–water partition coefficient (Wildman–Crippen LogP) is 2.62. The summed E-state index contributed by atoms with van der Waals surface area (Å²) in [5.41, 5.74) is 5.71. The molecule has 1 aliphatic heterocycles. The molecule has 106 valence electrons. The third-order valence-electron chi connectivity index (χ3n) is 3.22. The van der Waals surface area contributed by atoms with Gasteiger partial charge in [0.2, 0.25) is 0 Å². The molecule has 18 heavy (non-hydrogen) atoms. The summed E-state index contributed by atoms with van der Waals surface area (Å²) in [7, 11) is 0. The number of rotatable bonds is 2. The number of hydrogen-bond acceptors (Lipinski definition) is 3. The Kier molecular flexibility index (Phi) is 5.02. The third kappa shape index (κ3) is 4.84. The smallest absolute Gasteiger partial charge is 0.410 e. The Labute approximate surface area is 111 Å². The highest BCUT2D eigenvalue weighted by Gasteiger charge is 2.31. The van der Waals surface area contributed by atoms with Crippen LogP contribution in [0, 0.1) is 11.8 Å². The first-order chi connectivity index (χ1) is 8.19. The van der Waals surface area contributed by atoms with Crippen molar-refractivity contribution in [1.82, 2.24) is 4.90 Å². The van der Waals surface area contributed by atoms with Crippen LogP contribution in [0.4, 0.5) is 4.79 Å². The van der Waals surface area contributed by atoms with Crippen molar-refractivity contribution in [2.24, 2.45) is 17.6 Å². The molecule has 2 atom stereocenters. The Morgan fingerprint density at radius 3 is 2.56 bits per heavy atom. The van der Waals surface area contributed by atoms with E-state index in [2.05, 4.69) is 13.8 Å². The molecule has 1 amide bonds. The molecule has 0 bridgehead atoms. The highest BCUT2D eigenvalue weighted by atomic mass is 16.6. The summed E-state index contributed by atoms with van der Waals surface area (Å²) in [5, 5.41) is 0. The lowest BCUT2D eigenvalue weighted by Gasteiger charge is -2.38. The van der Waals surface area contributed by atoms with Crippen molar-refractivity contribution in [1.29, 1.82) is 0 Å². The van der Waals surface area contributed by atoms with Crippen LogP contribution >= 0.6 is 0 Å². The summed E-state index contributed by atoms with van der Waals surface area (Å²) in [6.07, 6.45) is 1.74. The average molecular weight is 256 g/mol. The minimum atomic E-state index is -0.426.